The van der Waals surface area contributed by atoms with Gasteiger partial charge in [0.25, 0.3) is 0 Å². The van der Waals surface area contributed by atoms with Gasteiger partial charge in [0.2, 0.25) is 7.37 Å². The van der Waals surface area contributed by atoms with Gasteiger partial charge in [-0.25, -0.2) is 0 Å². The van der Waals surface area contributed by atoms with Crippen LogP contribution < -0.4 is 14.8 Å². The number of unbranched alkanes of at least 4 members (excludes halogenated alkanes) is 1. The highest BCUT2D eigenvalue weighted by molar-refractivity contribution is 7.59. The Labute approximate surface area is 222 Å². The summed E-state index contributed by atoms with van der Waals surface area (Å²) in [6.45, 7) is 4.70. The SMILES string of the molecule is CCCCOP(=O)(COc1ccc(CCNCCCOc2ccc(O)c(CO)c2)cc1)C1CCCCC1. The Bertz CT molecular complexity index is 961. The lowest BCUT2D eigenvalue weighted by Crippen LogP contribution is -2.20. The van der Waals surface area contributed by atoms with Crippen LogP contribution in [0.2, 0.25) is 0 Å². The molecule has 1 atom stereocenters. The molecule has 0 amide bonds. The quantitative estimate of drug-likeness (QED) is 0.163. The molecule has 0 spiro atoms. The van der Waals surface area contributed by atoms with Gasteiger partial charge in [-0.2, -0.15) is 0 Å². The molecule has 1 saturated carbocycles. The largest absolute Gasteiger partial charge is 0.508 e. The molecule has 3 rings (SSSR count). The molecule has 0 saturated heterocycles. The number of benzene rings is 2. The Morgan fingerprint density at radius 2 is 1.70 bits per heavy atom. The molecule has 1 aliphatic carbocycles. The number of phenols is 1. The van der Waals surface area contributed by atoms with Crippen LogP contribution >= 0.6 is 7.37 Å². The van der Waals surface area contributed by atoms with Crippen LogP contribution in [-0.2, 0) is 22.1 Å². The normalized spacial score (nSPS) is 15.8. The van der Waals surface area contributed by atoms with Crippen molar-refractivity contribution in [3.05, 3.63) is 53.6 Å². The van der Waals surface area contributed by atoms with E-state index in [-0.39, 0.29) is 24.4 Å². The minimum atomic E-state index is -2.82. The Morgan fingerprint density at radius 3 is 2.43 bits per heavy atom. The van der Waals surface area contributed by atoms with Gasteiger partial charge in [-0.3, -0.25) is 4.57 Å². The van der Waals surface area contributed by atoms with Gasteiger partial charge in [0.15, 0.2) is 6.35 Å². The number of hydrogen-bond acceptors (Lipinski definition) is 7. The van der Waals surface area contributed by atoms with Gasteiger partial charge in [0, 0.05) is 11.2 Å². The third-order valence-corrected chi connectivity index (χ3v) is 9.59. The first-order chi connectivity index (χ1) is 18.0. The molecule has 3 N–H and O–H groups in total. The zero-order chi connectivity index (χ0) is 26.3. The van der Waals surface area contributed by atoms with E-state index in [9.17, 15) is 14.8 Å². The van der Waals surface area contributed by atoms with E-state index in [1.807, 2.05) is 12.1 Å². The van der Waals surface area contributed by atoms with Gasteiger partial charge in [-0.15, -0.1) is 0 Å². The van der Waals surface area contributed by atoms with Gasteiger partial charge in [-0.05, 0) is 81.1 Å². The third-order valence-electron chi connectivity index (χ3n) is 6.85. The molecule has 37 heavy (non-hydrogen) atoms. The molecule has 1 aliphatic rings. The van der Waals surface area contributed by atoms with Crippen molar-refractivity contribution in [2.45, 2.75) is 77.0 Å². The highest BCUT2D eigenvalue weighted by Crippen LogP contribution is 2.56. The second kappa shape index (κ2) is 16.0. The van der Waals surface area contributed by atoms with Crippen molar-refractivity contribution in [2.75, 3.05) is 32.7 Å². The minimum absolute atomic E-state index is 0.0759. The van der Waals surface area contributed by atoms with Crippen molar-refractivity contribution in [2.24, 2.45) is 0 Å². The van der Waals surface area contributed by atoms with Gasteiger partial charge in [0.05, 0.1) is 19.8 Å². The fourth-order valence-electron chi connectivity index (χ4n) is 4.53. The lowest BCUT2D eigenvalue weighted by molar-refractivity contribution is 0.263. The first-order valence-electron chi connectivity index (χ1n) is 13.8. The molecule has 206 valence electrons. The fourth-order valence-corrected chi connectivity index (χ4v) is 6.94. The van der Waals surface area contributed by atoms with E-state index in [2.05, 4.69) is 24.4 Å². The first kappa shape index (κ1) is 29.5. The molecule has 0 radical (unpaired) electrons. The van der Waals surface area contributed by atoms with Crippen LogP contribution in [0.4, 0.5) is 0 Å². The van der Waals surface area contributed by atoms with Crippen LogP contribution in [0, 0.1) is 0 Å². The van der Waals surface area contributed by atoms with Crippen LogP contribution in [0.25, 0.3) is 0 Å². The van der Waals surface area contributed by atoms with Crippen LogP contribution in [0.1, 0.15) is 69.4 Å². The van der Waals surface area contributed by atoms with Crippen molar-refractivity contribution < 1.29 is 28.8 Å². The average Bonchev–Trinajstić information content (AvgIpc) is 2.93. The van der Waals surface area contributed by atoms with Gasteiger partial charge < -0.3 is 29.5 Å². The van der Waals surface area contributed by atoms with Crippen molar-refractivity contribution in [3.8, 4) is 17.2 Å². The summed E-state index contributed by atoms with van der Waals surface area (Å²) in [6.07, 6.45) is 9.31. The second-order valence-electron chi connectivity index (χ2n) is 9.77. The summed E-state index contributed by atoms with van der Waals surface area (Å²) in [6, 6.07) is 12.9. The standard InChI is InChI=1S/C29H44NO6P/c1-2-3-20-36-37(33,28-8-5-4-6-9-28)23-35-26-12-10-24(11-13-26)16-18-30-17-7-19-34-27-14-15-29(32)25(21-27)22-31/h10-15,21,28,30-32H,2-9,16-20,22-23H2,1H3. The van der Waals surface area contributed by atoms with E-state index in [0.717, 1.165) is 70.2 Å². The number of ether oxygens (including phenoxy) is 2. The molecule has 7 nitrogen and oxygen atoms in total. The zero-order valence-electron chi connectivity index (χ0n) is 22.2. The summed E-state index contributed by atoms with van der Waals surface area (Å²) < 4.78 is 31.3. The smallest absolute Gasteiger partial charge is 0.242 e. The lowest BCUT2D eigenvalue weighted by Gasteiger charge is -2.30. The molecule has 2 aromatic carbocycles. The topological polar surface area (TPSA) is 97.3 Å². The van der Waals surface area contributed by atoms with Crippen molar-refractivity contribution in [1.29, 1.82) is 0 Å². The first-order valence-corrected chi connectivity index (χ1v) is 15.6. The molecule has 0 heterocycles. The lowest BCUT2D eigenvalue weighted by atomic mass is 10.0. The van der Waals surface area contributed by atoms with Crippen LogP contribution in [0.5, 0.6) is 17.2 Å². The molecule has 1 fully saturated rings. The Balaban J connectivity index is 1.34. The van der Waals surface area contributed by atoms with E-state index in [4.69, 9.17) is 14.0 Å². The minimum Gasteiger partial charge on any atom is -0.508 e. The maximum absolute atomic E-state index is 13.7. The van der Waals surface area contributed by atoms with Crippen molar-refractivity contribution in [1.82, 2.24) is 5.32 Å². The van der Waals surface area contributed by atoms with Crippen molar-refractivity contribution in [3.63, 3.8) is 0 Å². The van der Waals surface area contributed by atoms with E-state index in [0.29, 0.717) is 24.5 Å². The zero-order valence-corrected chi connectivity index (χ0v) is 23.1. The molecule has 0 bridgehead atoms. The predicted octanol–water partition coefficient (Wildman–Crippen LogP) is 6.25. The maximum Gasteiger partial charge on any atom is 0.242 e. The molecular formula is C29H44NO6P. The highest BCUT2D eigenvalue weighted by Gasteiger charge is 2.36. The summed E-state index contributed by atoms with van der Waals surface area (Å²) in [4.78, 5) is 0. The Hall–Kier alpha value is -2.05. The van der Waals surface area contributed by atoms with Crippen LogP contribution in [-0.4, -0.2) is 48.5 Å². The predicted molar refractivity (Wildman–Crippen MR) is 148 cm³/mol. The van der Waals surface area contributed by atoms with E-state index in [1.54, 1.807) is 12.1 Å². The Kier molecular flexibility index (Phi) is 12.8. The van der Waals surface area contributed by atoms with Gasteiger partial charge in [0.1, 0.15) is 17.2 Å². The fraction of sp³-hybridized carbons (Fsp3) is 0.586. The number of aliphatic hydroxyl groups is 1. The number of aromatic hydroxyl groups is 1. The molecule has 2 aromatic rings. The number of hydrogen-bond donors (Lipinski definition) is 3. The molecule has 1 unspecified atom stereocenters. The van der Waals surface area contributed by atoms with E-state index >= 15 is 0 Å². The molecular weight excluding hydrogens is 489 g/mol. The second-order valence-corrected chi connectivity index (χ2v) is 12.5. The van der Waals surface area contributed by atoms with E-state index in [1.165, 1.54) is 18.1 Å². The Morgan fingerprint density at radius 1 is 0.946 bits per heavy atom. The maximum atomic E-state index is 13.7. The average molecular weight is 534 g/mol. The summed E-state index contributed by atoms with van der Waals surface area (Å²) in [5.74, 6) is 1.46. The number of nitrogens with one attached hydrogen (secondary N) is 1. The summed E-state index contributed by atoms with van der Waals surface area (Å²) in [5.41, 5.74) is 1.81. The highest BCUT2D eigenvalue weighted by atomic mass is 31.2. The summed E-state index contributed by atoms with van der Waals surface area (Å²) >= 11 is 0. The number of rotatable bonds is 17. The monoisotopic (exact) mass is 533 g/mol. The van der Waals surface area contributed by atoms with Crippen molar-refractivity contribution >= 4 is 7.37 Å². The van der Waals surface area contributed by atoms with Crippen LogP contribution in [0.15, 0.2) is 42.5 Å². The van der Waals surface area contributed by atoms with E-state index < -0.39 is 7.37 Å². The number of aliphatic hydroxyl groups excluding tert-OH is 1. The molecule has 0 aliphatic heterocycles. The molecule has 8 heteroatoms. The third kappa shape index (κ3) is 9.97. The van der Waals surface area contributed by atoms with Gasteiger partial charge >= 0.3 is 0 Å². The summed E-state index contributed by atoms with van der Waals surface area (Å²) in [5, 5.41) is 22.3. The van der Waals surface area contributed by atoms with Crippen LogP contribution in [0.3, 0.4) is 0 Å². The summed E-state index contributed by atoms with van der Waals surface area (Å²) in [7, 11) is -2.82. The molecule has 0 aromatic heterocycles. The van der Waals surface area contributed by atoms with Gasteiger partial charge in [-0.1, -0.05) is 44.7 Å².